The summed E-state index contributed by atoms with van der Waals surface area (Å²) in [6.45, 7) is -0.0267. The highest BCUT2D eigenvalue weighted by Crippen LogP contribution is 2.33. The first-order valence-corrected chi connectivity index (χ1v) is 10.5. The maximum Gasteiger partial charge on any atom is 0.417 e. The zero-order valence-corrected chi connectivity index (χ0v) is 16.5. The number of alkyl halides is 3. The van der Waals surface area contributed by atoms with E-state index in [0.29, 0.717) is 19.0 Å². The van der Waals surface area contributed by atoms with E-state index in [1.807, 2.05) is 39.7 Å². The lowest BCUT2D eigenvalue weighted by molar-refractivity contribution is -0.139. The maximum absolute atomic E-state index is 13.0. The van der Waals surface area contributed by atoms with E-state index < -0.39 is 32.6 Å². The van der Waals surface area contributed by atoms with Gasteiger partial charge >= 0.3 is 6.18 Å². The summed E-state index contributed by atoms with van der Waals surface area (Å²) in [5, 5.41) is 2.63. The summed E-state index contributed by atoms with van der Waals surface area (Å²) in [5.74, 6) is -0.425. The largest absolute Gasteiger partial charge is 0.417 e. The summed E-state index contributed by atoms with van der Waals surface area (Å²) in [5.41, 5.74) is 0.313. The molecule has 2 aromatic heterocycles. The van der Waals surface area contributed by atoms with Crippen LogP contribution < -0.4 is 10.0 Å². The Morgan fingerprint density at radius 3 is 2.53 bits per heavy atom. The van der Waals surface area contributed by atoms with Crippen LogP contribution in [0.1, 0.15) is 17.7 Å². The Labute approximate surface area is 171 Å². The van der Waals surface area contributed by atoms with E-state index in [-0.39, 0.29) is 13.0 Å². The van der Waals surface area contributed by atoms with Crippen molar-refractivity contribution >= 4 is 21.6 Å². The first-order chi connectivity index (χ1) is 14.2. The van der Waals surface area contributed by atoms with Crippen molar-refractivity contribution in [1.82, 2.24) is 19.4 Å². The number of pyridine rings is 1. The van der Waals surface area contributed by atoms with Gasteiger partial charge in [-0.3, -0.25) is 4.79 Å². The summed E-state index contributed by atoms with van der Waals surface area (Å²) >= 11 is 0. The van der Waals surface area contributed by atoms with E-state index >= 15 is 0 Å². The normalized spacial score (nSPS) is 12.2. The zero-order valence-electron chi connectivity index (χ0n) is 15.7. The summed E-state index contributed by atoms with van der Waals surface area (Å²) in [6.07, 6.45) is -0.835. The molecule has 0 bridgehead atoms. The lowest BCUT2D eigenvalue weighted by atomic mass is 10.2. The number of rotatable bonds is 8. The zero-order chi connectivity index (χ0) is 21.8. The summed E-state index contributed by atoms with van der Waals surface area (Å²) < 4.78 is 67.4. The molecule has 3 rings (SSSR count). The van der Waals surface area contributed by atoms with E-state index in [4.69, 9.17) is 0 Å². The molecule has 11 heteroatoms. The van der Waals surface area contributed by atoms with E-state index in [1.165, 1.54) is 6.07 Å². The van der Waals surface area contributed by atoms with Gasteiger partial charge in [0.05, 0.1) is 16.2 Å². The van der Waals surface area contributed by atoms with Gasteiger partial charge in [0.25, 0.3) is 0 Å². The molecule has 0 atom stereocenters. The summed E-state index contributed by atoms with van der Waals surface area (Å²) in [7, 11) is -4.41. The van der Waals surface area contributed by atoms with Gasteiger partial charge in [-0.05, 0) is 24.3 Å². The Kier molecular flexibility index (Phi) is 6.42. The number of sulfonamides is 1. The van der Waals surface area contributed by atoms with Crippen LogP contribution >= 0.6 is 0 Å². The SMILES string of the molecule is O=C(CCNS(=O)(=O)c1ccccc1C(F)(F)F)NCCc1cn2ccccc2n1. The van der Waals surface area contributed by atoms with Gasteiger partial charge < -0.3 is 9.72 Å². The lowest BCUT2D eigenvalue weighted by Gasteiger charge is -2.13. The highest BCUT2D eigenvalue weighted by Gasteiger charge is 2.36. The Bertz CT molecular complexity index is 1110. The molecule has 0 spiro atoms. The second-order valence-corrected chi connectivity index (χ2v) is 8.18. The van der Waals surface area contributed by atoms with Crippen molar-refractivity contribution < 1.29 is 26.4 Å². The highest BCUT2D eigenvalue weighted by atomic mass is 32.2. The molecular formula is C19H19F3N4O3S. The van der Waals surface area contributed by atoms with Crippen LogP contribution in [0.4, 0.5) is 13.2 Å². The maximum atomic E-state index is 13.0. The van der Waals surface area contributed by atoms with Gasteiger partial charge in [-0.1, -0.05) is 18.2 Å². The van der Waals surface area contributed by atoms with E-state index in [0.717, 1.165) is 23.5 Å². The van der Waals surface area contributed by atoms with Crippen LogP contribution in [0.15, 0.2) is 59.8 Å². The molecule has 0 aliphatic rings. The number of imidazole rings is 1. The number of nitrogens with one attached hydrogen (secondary N) is 2. The standard InChI is InChI=1S/C19H19F3N4O3S/c20-19(21,22)15-5-1-2-6-16(15)30(28,29)24-11-9-18(27)23-10-8-14-13-26-12-4-3-7-17(26)25-14/h1-7,12-13,24H,8-11H2,(H,23,27). The molecule has 0 fully saturated rings. The topological polar surface area (TPSA) is 92.6 Å². The van der Waals surface area contributed by atoms with Gasteiger partial charge in [0.15, 0.2) is 0 Å². The predicted molar refractivity (Wildman–Crippen MR) is 103 cm³/mol. The molecule has 0 radical (unpaired) electrons. The number of hydrogen-bond acceptors (Lipinski definition) is 4. The van der Waals surface area contributed by atoms with Crippen molar-refractivity contribution in [2.75, 3.05) is 13.1 Å². The average Bonchev–Trinajstić information content (AvgIpc) is 3.10. The molecule has 0 aliphatic heterocycles. The van der Waals surface area contributed by atoms with Crippen LogP contribution in [-0.4, -0.2) is 36.8 Å². The fourth-order valence-corrected chi connectivity index (χ4v) is 4.10. The van der Waals surface area contributed by atoms with Gasteiger partial charge in [0.2, 0.25) is 15.9 Å². The molecule has 160 valence electrons. The van der Waals surface area contributed by atoms with Crippen LogP contribution in [-0.2, 0) is 27.4 Å². The van der Waals surface area contributed by atoms with Crippen molar-refractivity contribution in [2.24, 2.45) is 0 Å². The average molecular weight is 440 g/mol. The van der Waals surface area contributed by atoms with Crippen LogP contribution in [0.2, 0.25) is 0 Å². The third-order valence-electron chi connectivity index (χ3n) is 4.24. The molecule has 3 aromatic rings. The van der Waals surface area contributed by atoms with Crippen molar-refractivity contribution in [2.45, 2.75) is 23.9 Å². The molecule has 0 saturated heterocycles. The summed E-state index contributed by atoms with van der Waals surface area (Å²) in [6, 6.07) is 9.47. The number of halogens is 3. The van der Waals surface area contributed by atoms with E-state index in [9.17, 15) is 26.4 Å². The third kappa shape index (κ3) is 5.36. The highest BCUT2D eigenvalue weighted by molar-refractivity contribution is 7.89. The number of nitrogens with zero attached hydrogens (tertiary/aromatic N) is 2. The fraction of sp³-hybridized carbons (Fsp3) is 0.263. The molecular weight excluding hydrogens is 421 g/mol. The number of carbonyl (C=O) groups excluding carboxylic acids is 1. The van der Waals surface area contributed by atoms with Crippen molar-refractivity contribution in [1.29, 1.82) is 0 Å². The minimum Gasteiger partial charge on any atom is -0.356 e. The van der Waals surface area contributed by atoms with Gasteiger partial charge in [0.1, 0.15) is 5.65 Å². The van der Waals surface area contributed by atoms with Gasteiger partial charge in [-0.25, -0.2) is 18.1 Å². The number of hydrogen-bond donors (Lipinski definition) is 2. The first kappa shape index (κ1) is 21.8. The van der Waals surface area contributed by atoms with Crippen LogP contribution in [0, 0.1) is 0 Å². The lowest BCUT2D eigenvalue weighted by Crippen LogP contribution is -2.32. The molecule has 2 N–H and O–H groups in total. The van der Waals surface area contributed by atoms with E-state index in [1.54, 1.807) is 0 Å². The van der Waals surface area contributed by atoms with Crippen LogP contribution in [0.5, 0.6) is 0 Å². The minimum atomic E-state index is -4.80. The third-order valence-corrected chi connectivity index (χ3v) is 5.76. The van der Waals surface area contributed by atoms with Gasteiger partial charge in [-0.2, -0.15) is 13.2 Å². The second-order valence-electron chi connectivity index (χ2n) is 6.44. The molecule has 1 aromatic carbocycles. The number of amides is 1. The smallest absolute Gasteiger partial charge is 0.356 e. The van der Waals surface area contributed by atoms with Crippen LogP contribution in [0.3, 0.4) is 0 Å². The van der Waals surface area contributed by atoms with Crippen molar-refractivity contribution in [3.63, 3.8) is 0 Å². The molecule has 30 heavy (non-hydrogen) atoms. The van der Waals surface area contributed by atoms with Crippen molar-refractivity contribution in [3.05, 3.63) is 66.1 Å². The fourth-order valence-electron chi connectivity index (χ4n) is 2.84. The van der Waals surface area contributed by atoms with Gasteiger partial charge in [-0.15, -0.1) is 0 Å². The van der Waals surface area contributed by atoms with Gasteiger partial charge in [0, 0.05) is 38.3 Å². The number of aromatic nitrogens is 2. The quantitative estimate of drug-likeness (QED) is 0.563. The monoisotopic (exact) mass is 440 g/mol. The molecule has 0 aliphatic carbocycles. The molecule has 1 amide bonds. The number of carbonyl (C=O) groups is 1. The second kappa shape index (κ2) is 8.84. The Morgan fingerprint density at radius 1 is 1.07 bits per heavy atom. The van der Waals surface area contributed by atoms with E-state index in [2.05, 4.69) is 10.3 Å². The first-order valence-electron chi connectivity index (χ1n) is 9.02. The molecule has 0 saturated carbocycles. The van der Waals surface area contributed by atoms with Crippen molar-refractivity contribution in [3.8, 4) is 0 Å². The summed E-state index contributed by atoms with van der Waals surface area (Å²) in [4.78, 5) is 15.4. The molecule has 7 nitrogen and oxygen atoms in total. The number of benzene rings is 1. The Morgan fingerprint density at radius 2 is 1.80 bits per heavy atom. The Hall–Kier alpha value is -2.92. The predicted octanol–water partition coefficient (Wildman–Crippen LogP) is 2.38. The Balaban J connectivity index is 1.48. The molecule has 2 heterocycles. The number of fused-ring (bicyclic) bond motifs is 1. The van der Waals surface area contributed by atoms with Crippen LogP contribution in [0.25, 0.3) is 5.65 Å². The molecule has 0 unspecified atom stereocenters. The minimum absolute atomic E-state index is 0.210.